The average Bonchev–Trinajstić information content (AvgIpc) is 3.07. The zero-order chi connectivity index (χ0) is 15.3. The van der Waals surface area contributed by atoms with E-state index in [0.29, 0.717) is 0 Å². The summed E-state index contributed by atoms with van der Waals surface area (Å²) in [6.45, 7) is 4.29. The number of H-pyrrole nitrogens is 1. The second kappa shape index (κ2) is 4.70. The molecular weight excluding hydrogens is 272 g/mol. The van der Waals surface area contributed by atoms with Gasteiger partial charge in [-0.1, -0.05) is 30.7 Å². The van der Waals surface area contributed by atoms with Crippen LogP contribution in [0.5, 0.6) is 0 Å². The molecule has 0 bridgehead atoms. The van der Waals surface area contributed by atoms with Crippen molar-refractivity contribution in [1.82, 2.24) is 19.7 Å². The van der Waals surface area contributed by atoms with Gasteiger partial charge in [0.2, 0.25) is 0 Å². The van der Waals surface area contributed by atoms with Gasteiger partial charge in [-0.25, -0.2) is 9.97 Å². The van der Waals surface area contributed by atoms with Crippen molar-refractivity contribution in [3.8, 4) is 11.3 Å². The van der Waals surface area contributed by atoms with Gasteiger partial charge in [0.15, 0.2) is 5.65 Å². The van der Waals surface area contributed by atoms with Crippen LogP contribution in [0.4, 0.5) is 0 Å². The van der Waals surface area contributed by atoms with Crippen molar-refractivity contribution in [2.75, 3.05) is 0 Å². The van der Waals surface area contributed by atoms with Gasteiger partial charge in [-0.15, -0.1) is 0 Å². The van der Waals surface area contributed by atoms with Crippen LogP contribution in [0.2, 0.25) is 0 Å². The van der Waals surface area contributed by atoms with Crippen molar-refractivity contribution in [3.05, 3.63) is 47.8 Å². The largest absolute Gasteiger partial charge is 0.305 e. The number of hydrogen-bond acceptors (Lipinski definition) is 2. The highest BCUT2D eigenvalue weighted by atomic mass is 15.2. The number of hydrogen-bond donors (Lipinski definition) is 1. The van der Waals surface area contributed by atoms with Crippen LogP contribution in [-0.4, -0.2) is 19.7 Å². The number of pyridine rings is 1. The highest BCUT2D eigenvalue weighted by molar-refractivity contribution is 6.06. The van der Waals surface area contributed by atoms with Gasteiger partial charge in [0.05, 0.1) is 16.6 Å². The van der Waals surface area contributed by atoms with Crippen LogP contribution < -0.4 is 0 Å². The highest BCUT2D eigenvalue weighted by Crippen LogP contribution is 2.34. The van der Waals surface area contributed by atoms with Crippen LogP contribution in [-0.2, 0) is 13.5 Å². The van der Waals surface area contributed by atoms with Crippen LogP contribution in [0.15, 0.2) is 36.7 Å². The zero-order valence-electron chi connectivity index (χ0n) is 13.0. The third-order valence-corrected chi connectivity index (χ3v) is 4.26. The Morgan fingerprint density at radius 1 is 1.27 bits per heavy atom. The zero-order valence-corrected chi connectivity index (χ0v) is 13.0. The van der Waals surface area contributed by atoms with Gasteiger partial charge >= 0.3 is 0 Å². The molecule has 0 spiro atoms. The summed E-state index contributed by atoms with van der Waals surface area (Å²) in [6, 6.07) is 8.51. The topological polar surface area (TPSA) is 46.5 Å². The summed E-state index contributed by atoms with van der Waals surface area (Å²) in [7, 11) is 2.03. The summed E-state index contributed by atoms with van der Waals surface area (Å²) in [5.41, 5.74) is 6.75. The van der Waals surface area contributed by atoms with Crippen LogP contribution in [0.3, 0.4) is 0 Å². The van der Waals surface area contributed by atoms with Gasteiger partial charge in [0.25, 0.3) is 0 Å². The molecule has 4 nitrogen and oxygen atoms in total. The number of aromatic amines is 1. The molecule has 4 aromatic rings. The Morgan fingerprint density at radius 2 is 2.14 bits per heavy atom. The third-order valence-electron chi connectivity index (χ3n) is 4.26. The number of benzene rings is 1. The first-order valence-electron chi connectivity index (χ1n) is 7.57. The van der Waals surface area contributed by atoms with Crippen LogP contribution in [0, 0.1) is 6.92 Å². The molecule has 0 radical (unpaired) electrons. The molecule has 0 amide bonds. The van der Waals surface area contributed by atoms with Gasteiger partial charge in [0, 0.05) is 30.4 Å². The lowest BCUT2D eigenvalue weighted by atomic mass is 10.0. The number of nitrogens with zero attached hydrogens (tertiary/aromatic N) is 3. The van der Waals surface area contributed by atoms with E-state index in [-0.39, 0.29) is 0 Å². The van der Waals surface area contributed by atoms with Crippen molar-refractivity contribution in [2.45, 2.75) is 20.3 Å². The smallest absolute Gasteiger partial charge is 0.162 e. The Morgan fingerprint density at radius 3 is 2.91 bits per heavy atom. The molecule has 4 rings (SSSR count). The molecule has 0 aliphatic rings. The summed E-state index contributed by atoms with van der Waals surface area (Å²) in [5, 5.41) is 5.51. The summed E-state index contributed by atoms with van der Waals surface area (Å²) >= 11 is 0. The third kappa shape index (κ3) is 1.77. The minimum absolute atomic E-state index is 0.830. The Labute approximate surface area is 128 Å². The Bertz CT molecular complexity index is 991. The van der Waals surface area contributed by atoms with E-state index in [4.69, 9.17) is 4.98 Å². The van der Waals surface area contributed by atoms with Crippen LogP contribution in [0.1, 0.15) is 18.1 Å². The normalized spacial score (nSPS) is 11.6. The number of rotatable bonds is 2. The first kappa shape index (κ1) is 13.1. The first-order chi connectivity index (χ1) is 10.7. The van der Waals surface area contributed by atoms with Crippen molar-refractivity contribution in [1.29, 1.82) is 0 Å². The molecule has 22 heavy (non-hydrogen) atoms. The van der Waals surface area contributed by atoms with E-state index in [2.05, 4.69) is 48.2 Å². The average molecular weight is 290 g/mol. The van der Waals surface area contributed by atoms with E-state index in [1.165, 1.54) is 27.6 Å². The lowest BCUT2D eigenvalue weighted by Crippen LogP contribution is -1.91. The predicted molar refractivity (Wildman–Crippen MR) is 89.9 cm³/mol. The van der Waals surface area contributed by atoms with Crippen molar-refractivity contribution >= 4 is 21.9 Å². The summed E-state index contributed by atoms with van der Waals surface area (Å²) in [5.74, 6) is 0. The number of aromatic nitrogens is 4. The van der Waals surface area contributed by atoms with Gasteiger partial charge in [-0.05, 0) is 25.0 Å². The lowest BCUT2D eigenvalue weighted by molar-refractivity contribution is 0.799. The quantitative estimate of drug-likeness (QED) is 0.607. The summed E-state index contributed by atoms with van der Waals surface area (Å²) < 4.78 is 2.04. The molecule has 0 saturated carbocycles. The molecule has 1 aromatic carbocycles. The van der Waals surface area contributed by atoms with Gasteiger partial charge in [-0.2, -0.15) is 0 Å². The molecule has 0 unspecified atom stereocenters. The second-order valence-corrected chi connectivity index (χ2v) is 5.76. The Balaban J connectivity index is 2.12. The first-order valence-corrected chi connectivity index (χ1v) is 7.57. The lowest BCUT2D eigenvalue weighted by Gasteiger charge is -2.04. The van der Waals surface area contributed by atoms with E-state index in [0.717, 1.165) is 23.1 Å². The fourth-order valence-electron chi connectivity index (χ4n) is 3.23. The molecule has 3 heterocycles. The van der Waals surface area contributed by atoms with Gasteiger partial charge in [0.1, 0.15) is 0 Å². The van der Waals surface area contributed by atoms with Crippen molar-refractivity contribution in [2.24, 2.45) is 7.05 Å². The van der Waals surface area contributed by atoms with Crippen LogP contribution >= 0.6 is 0 Å². The van der Waals surface area contributed by atoms with E-state index >= 15 is 0 Å². The minimum atomic E-state index is 0.830. The minimum Gasteiger partial charge on any atom is -0.305 e. The molecule has 0 aliphatic carbocycles. The SMILES string of the molecule is CCc1c(-c2cccc(C)c2)nc2ncc3c[nH]n(C)c3c12. The van der Waals surface area contributed by atoms with E-state index in [9.17, 15) is 0 Å². The molecule has 0 saturated heterocycles. The molecular formula is C18H18N4. The number of fused-ring (bicyclic) bond motifs is 3. The van der Waals surface area contributed by atoms with Crippen molar-refractivity contribution < 1.29 is 0 Å². The maximum absolute atomic E-state index is 4.83. The maximum atomic E-state index is 4.83. The highest BCUT2D eigenvalue weighted by Gasteiger charge is 2.18. The fourth-order valence-corrected chi connectivity index (χ4v) is 3.23. The molecule has 110 valence electrons. The standard InChI is InChI=1S/C18H18N4/c1-4-14-15-17-13(10-20-22(17)3)9-19-18(15)21-16(14)12-7-5-6-11(2)8-12/h5-10,20H,4H2,1-3H3. The Kier molecular flexibility index (Phi) is 2.79. The monoisotopic (exact) mass is 290 g/mol. The van der Waals surface area contributed by atoms with Crippen LogP contribution in [0.25, 0.3) is 33.2 Å². The molecule has 0 atom stereocenters. The molecule has 1 N–H and O–H groups in total. The molecule has 0 fully saturated rings. The fraction of sp³-hybridized carbons (Fsp3) is 0.222. The van der Waals surface area contributed by atoms with E-state index < -0.39 is 0 Å². The summed E-state index contributed by atoms with van der Waals surface area (Å²) in [4.78, 5) is 9.38. The van der Waals surface area contributed by atoms with E-state index in [1.54, 1.807) is 0 Å². The van der Waals surface area contributed by atoms with E-state index in [1.807, 2.05) is 24.1 Å². The van der Waals surface area contributed by atoms with Crippen molar-refractivity contribution in [3.63, 3.8) is 0 Å². The summed E-state index contributed by atoms with van der Waals surface area (Å²) in [6.07, 6.45) is 4.81. The van der Waals surface area contributed by atoms with Gasteiger partial charge < -0.3 is 5.10 Å². The number of aryl methyl sites for hydroxylation is 3. The molecule has 4 heteroatoms. The predicted octanol–water partition coefficient (Wildman–Crippen LogP) is 3.99. The molecule has 0 aliphatic heterocycles. The molecule has 3 aromatic heterocycles. The second-order valence-electron chi connectivity index (χ2n) is 5.76. The maximum Gasteiger partial charge on any atom is 0.162 e. The Hall–Kier alpha value is -2.62. The van der Waals surface area contributed by atoms with Gasteiger partial charge in [-0.3, -0.25) is 4.68 Å². The number of nitrogens with one attached hydrogen (secondary N) is 1.